The predicted molar refractivity (Wildman–Crippen MR) is 130 cm³/mol. The van der Waals surface area contributed by atoms with Crippen LogP contribution in [0.1, 0.15) is 37.1 Å². The molecule has 2 aromatic carbocycles. The summed E-state index contributed by atoms with van der Waals surface area (Å²) in [6.45, 7) is 3.36. The fraction of sp³-hybridized carbons (Fsp3) is 0.320. The lowest BCUT2D eigenvalue weighted by Gasteiger charge is -2.27. The lowest BCUT2D eigenvalue weighted by molar-refractivity contribution is -0.114. The first kappa shape index (κ1) is 22.2. The zero-order valence-corrected chi connectivity index (χ0v) is 19.4. The number of anilines is 2. The Morgan fingerprint density at radius 1 is 1.16 bits per heavy atom. The first-order valence-electron chi connectivity index (χ1n) is 10.8. The quantitative estimate of drug-likeness (QED) is 0.563. The molecule has 1 amide bonds. The summed E-state index contributed by atoms with van der Waals surface area (Å²) in [5, 5.41) is 3.54. The van der Waals surface area contributed by atoms with Gasteiger partial charge >= 0.3 is 0 Å². The molecule has 1 saturated heterocycles. The Balaban J connectivity index is 1.64. The van der Waals surface area contributed by atoms with Crippen molar-refractivity contribution in [2.24, 2.45) is 0 Å². The molecule has 1 fully saturated rings. The number of nitrogens with one attached hydrogen (secondary N) is 1. The summed E-state index contributed by atoms with van der Waals surface area (Å²) in [5.74, 6) is 0.650. The van der Waals surface area contributed by atoms with Crippen molar-refractivity contribution in [1.29, 1.82) is 0 Å². The highest BCUT2D eigenvalue weighted by Gasteiger charge is 2.30. The molecule has 2 heterocycles. The highest BCUT2D eigenvalue weighted by Crippen LogP contribution is 2.38. The number of carbonyl (C=O) groups excluding carboxylic acids is 1. The Morgan fingerprint density at radius 3 is 2.53 bits per heavy atom. The molecule has 0 aliphatic carbocycles. The average Bonchev–Trinajstić information content (AvgIpc) is 3.23. The van der Waals surface area contributed by atoms with E-state index >= 15 is 0 Å². The smallest absolute Gasteiger partial charge is 0.225 e. The van der Waals surface area contributed by atoms with Gasteiger partial charge in [-0.25, -0.2) is 9.97 Å². The van der Waals surface area contributed by atoms with E-state index in [0.29, 0.717) is 11.0 Å². The van der Waals surface area contributed by atoms with E-state index in [9.17, 15) is 4.79 Å². The molecule has 4 rings (SSSR count). The van der Waals surface area contributed by atoms with Crippen LogP contribution in [0.5, 0.6) is 0 Å². The standard InChI is InChI=1S/C25H28ClN5O/c1-17(32)28-21-12-6-18(7-13-21)16-31-14-4-5-23(31)24-22(15-27-25(29-24)30(2)3)19-8-10-20(26)11-9-19/h6-13,15,23H,4-5,14,16H2,1-3H3,(H,28,32). The molecule has 0 radical (unpaired) electrons. The number of amides is 1. The molecule has 1 aromatic heterocycles. The highest BCUT2D eigenvalue weighted by atomic mass is 35.5. The molecule has 1 atom stereocenters. The maximum absolute atomic E-state index is 11.3. The number of rotatable bonds is 6. The highest BCUT2D eigenvalue weighted by molar-refractivity contribution is 6.30. The van der Waals surface area contributed by atoms with E-state index in [1.54, 1.807) is 0 Å². The van der Waals surface area contributed by atoms with Crippen LogP contribution in [0.25, 0.3) is 11.1 Å². The van der Waals surface area contributed by atoms with Gasteiger partial charge in [0, 0.05) is 50.0 Å². The normalized spacial score (nSPS) is 16.2. The van der Waals surface area contributed by atoms with Gasteiger partial charge < -0.3 is 10.2 Å². The number of halogens is 1. The van der Waals surface area contributed by atoms with Crippen molar-refractivity contribution in [2.75, 3.05) is 30.9 Å². The van der Waals surface area contributed by atoms with Gasteiger partial charge in [0.2, 0.25) is 11.9 Å². The summed E-state index contributed by atoms with van der Waals surface area (Å²) in [5.41, 5.74) is 5.20. The largest absolute Gasteiger partial charge is 0.347 e. The molecule has 6 nitrogen and oxygen atoms in total. The second-order valence-electron chi connectivity index (χ2n) is 8.38. The molecule has 166 valence electrons. The topological polar surface area (TPSA) is 61.4 Å². The zero-order valence-electron chi connectivity index (χ0n) is 18.7. The van der Waals surface area contributed by atoms with Crippen LogP contribution in [0.4, 0.5) is 11.6 Å². The van der Waals surface area contributed by atoms with Crippen LogP contribution in [0, 0.1) is 0 Å². The van der Waals surface area contributed by atoms with Gasteiger partial charge in [0.15, 0.2) is 0 Å². The Morgan fingerprint density at radius 2 is 1.88 bits per heavy atom. The molecule has 32 heavy (non-hydrogen) atoms. The van der Waals surface area contributed by atoms with Crippen molar-refractivity contribution < 1.29 is 4.79 Å². The van der Waals surface area contributed by atoms with Crippen molar-refractivity contribution in [2.45, 2.75) is 32.4 Å². The predicted octanol–water partition coefficient (Wildman–Crippen LogP) is 5.16. The van der Waals surface area contributed by atoms with Gasteiger partial charge in [-0.1, -0.05) is 35.9 Å². The van der Waals surface area contributed by atoms with Crippen LogP contribution in [-0.4, -0.2) is 41.4 Å². The van der Waals surface area contributed by atoms with Gasteiger partial charge in [-0.15, -0.1) is 0 Å². The number of aromatic nitrogens is 2. The van der Waals surface area contributed by atoms with E-state index in [1.165, 1.54) is 12.5 Å². The van der Waals surface area contributed by atoms with Gasteiger partial charge in [0.05, 0.1) is 11.7 Å². The third kappa shape index (κ3) is 5.09. The summed E-state index contributed by atoms with van der Waals surface area (Å²) >= 11 is 6.12. The third-order valence-corrected chi connectivity index (χ3v) is 5.95. The molecule has 0 bridgehead atoms. The van der Waals surface area contributed by atoms with Crippen LogP contribution < -0.4 is 10.2 Å². The Bertz CT molecular complexity index is 1080. The zero-order chi connectivity index (χ0) is 22.7. The van der Waals surface area contributed by atoms with Crippen molar-refractivity contribution in [3.8, 4) is 11.1 Å². The van der Waals surface area contributed by atoms with E-state index in [4.69, 9.17) is 16.6 Å². The minimum absolute atomic E-state index is 0.0625. The summed E-state index contributed by atoms with van der Waals surface area (Å²) in [6.07, 6.45) is 4.10. The fourth-order valence-corrected chi connectivity index (χ4v) is 4.29. The van der Waals surface area contributed by atoms with Gasteiger partial charge in [-0.3, -0.25) is 9.69 Å². The van der Waals surface area contributed by atoms with Crippen LogP contribution in [0.2, 0.25) is 5.02 Å². The van der Waals surface area contributed by atoms with Gasteiger partial charge in [-0.05, 0) is 54.8 Å². The number of carbonyl (C=O) groups is 1. The summed E-state index contributed by atoms with van der Waals surface area (Å²) in [6, 6.07) is 16.1. The van der Waals surface area contributed by atoms with Crippen LogP contribution in [0.15, 0.2) is 54.7 Å². The minimum atomic E-state index is -0.0625. The molecule has 1 unspecified atom stereocenters. The fourth-order valence-electron chi connectivity index (χ4n) is 4.16. The molecule has 1 aliphatic heterocycles. The maximum atomic E-state index is 11.3. The lowest BCUT2D eigenvalue weighted by atomic mass is 9.99. The molecular formula is C25H28ClN5O. The second-order valence-corrected chi connectivity index (χ2v) is 8.81. The van der Waals surface area contributed by atoms with Crippen molar-refractivity contribution in [3.63, 3.8) is 0 Å². The number of benzene rings is 2. The molecule has 0 spiro atoms. The molecule has 0 saturated carbocycles. The SMILES string of the molecule is CC(=O)Nc1ccc(CN2CCCC2c2nc(N(C)C)ncc2-c2ccc(Cl)cc2)cc1. The van der Waals surface area contributed by atoms with Crippen LogP contribution in [-0.2, 0) is 11.3 Å². The van der Waals surface area contributed by atoms with Gasteiger partial charge in [0.25, 0.3) is 0 Å². The molecule has 3 aromatic rings. The van der Waals surface area contributed by atoms with Crippen LogP contribution >= 0.6 is 11.6 Å². The Kier molecular flexibility index (Phi) is 6.72. The average molecular weight is 450 g/mol. The van der Waals surface area contributed by atoms with Crippen molar-refractivity contribution >= 4 is 29.1 Å². The monoisotopic (exact) mass is 449 g/mol. The van der Waals surface area contributed by atoms with E-state index in [1.807, 2.05) is 61.6 Å². The van der Waals surface area contributed by atoms with Crippen LogP contribution in [0.3, 0.4) is 0 Å². The Hall–Kier alpha value is -2.96. The minimum Gasteiger partial charge on any atom is -0.347 e. The van der Waals surface area contributed by atoms with Crippen molar-refractivity contribution in [1.82, 2.24) is 14.9 Å². The Labute approximate surface area is 194 Å². The number of hydrogen-bond donors (Lipinski definition) is 1. The van der Waals surface area contributed by atoms with E-state index in [2.05, 4.69) is 27.3 Å². The molecule has 1 N–H and O–H groups in total. The number of likely N-dealkylation sites (tertiary alicyclic amines) is 1. The van der Waals surface area contributed by atoms with Gasteiger partial charge in [-0.2, -0.15) is 0 Å². The van der Waals surface area contributed by atoms with E-state index in [-0.39, 0.29) is 11.9 Å². The third-order valence-electron chi connectivity index (χ3n) is 5.70. The molecule has 7 heteroatoms. The van der Waals surface area contributed by atoms with E-state index < -0.39 is 0 Å². The maximum Gasteiger partial charge on any atom is 0.225 e. The number of nitrogens with zero attached hydrogens (tertiary/aromatic N) is 4. The summed E-state index contributed by atoms with van der Waals surface area (Å²) in [7, 11) is 3.92. The second kappa shape index (κ2) is 9.67. The summed E-state index contributed by atoms with van der Waals surface area (Å²) < 4.78 is 0. The lowest BCUT2D eigenvalue weighted by Crippen LogP contribution is -2.25. The summed E-state index contributed by atoms with van der Waals surface area (Å²) in [4.78, 5) is 25.3. The number of hydrogen-bond acceptors (Lipinski definition) is 5. The van der Waals surface area contributed by atoms with Crippen molar-refractivity contribution in [3.05, 3.63) is 71.0 Å². The molecular weight excluding hydrogens is 422 g/mol. The first-order valence-corrected chi connectivity index (χ1v) is 11.2. The molecule has 1 aliphatic rings. The first-order chi connectivity index (χ1) is 15.4. The van der Waals surface area contributed by atoms with E-state index in [0.717, 1.165) is 48.4 Å². The van der Waals surface area contributed by atoms with Gasteiger partial charge in [0.1, 0.15) is 0 Å².